The molecule has 1 fully saturated rings. The fourth-order valence-corrected chi connectivity index (χ4v) is 4.43. The number of rotatable bonds is 5. The van der Waals surface area contributed by atoms with Crippen LogP contribution in [0.25, 0.3) is 6.08 Å². The van der Waals surface area contributed by atoms with E-state index in [9.17, 15) is 18.5 Å². The van der Waals surface area contributed by atoms with Crippen LogP contribution in [0, 0.1) is 10.1 Å². The minimum absolute atomic E-state index is 0.00431. The average molecular weight is 452 g/mol. The summed E-state index contributed by atoms with van der Waals surface area (Å²) < 4.78 is 27.1. The molecule has 142 valence electrons. The standard InChI is InChI=1S/C18H18BrN3O4S/c19-16-6-7-17(18(14-16)22(23)24)20-9-11-21(12-10-20)27(25,26)13-8-15-4-2-1-3-5-15/h1-8,13-14H,9-12H2/b13-8+. The molecule has 0 aromatic heterocycles. The molecule has 9 heteroatoms. The number of hydrogen-bond donors (Lipinski definition) is 0. The van der Waals surface area contributed by atoms with E-state index in [2.05, 4.69) is 15.9 Å². The number of nitro groups is 1. The van der Waals surface area contributed by atoms with E-state index >= 15 is 0 Å². The first-order valence-corrected chi connectivity index (χ1v) is 10.6. The van der Waals surface area contributed by atoms with Crippen LogP contribution >= 0.6 is 15.9 Å². The van der Waals surface area contributed by atoms with E-state index in [4.69, 9.17) is 0 Å². The van der Waals surface area contributed by atoms with Crippen LogP contribution in [-0.4, -0.2) is 43.8 Å². The molecule has 0 N–H and O–H groups in total. The topological polar surface area (TPSA) is 83.8 Å². The second kappa shape index (κ2) is 8.20. The summed E-state index contributed by atoms with van der Waals surface area (Å²) in [5.41, 5.74) is 1.31. The highest BCUT2D eigenvalue weighted by Gasteiger charge is 2.28. The van der Waals surface area contributed by atoms with Crippen molar-refractivity contribution in [3.8, 4) is 0 Å². The molecule has 1 aliphatic heterocycles. The van der Waals surface area contributed by atoms with Crippen LogP contribution < -0.4 is 4.90 Å². The molecule has 27 heavy (non-hydrogen) atoms. The largest absolute Gasteiger partial charge is 0.363 e. The number of piperazine rings is 1. The highest BCUT2D eigenvalue weighted by atomic mass is 79.9. The number of sulfonamides is 1. The Morgan fingerprint density at radius 3 is 2.33 bits per heavy atom. The predicted molar refractivity (Wildman–Crippen MR) is 109 cm³/mol. The van der Waals surface area contributed by atoms with Crippen molar-refractivity contribution in [2.24, 2.45) is 0 Å². The molecule has 0 aliphatic carbocycles. The van der Waals surface area contributed by atoms with Crippen molar-refractivity contribution < 1.29 is 13.3 Å². The van der Waals surface area contributed by atoms with Crippen molar-refractivity contribution in [3.63, 3.8) is 0 Å². The molecule has 0 unspecified atom stereocenters. The second-order valence-electron chi connectivity index (χ2n) is 6.03. The summed E-state index contributed by atoms with van der Waals surface area (Å²) in [4.78, 5) is 12.7. The predicted octanol–water partition coefficient (Wildman–Crippen LogP) is 3.48. The SMILES string of the molecule is O=[N+]([O-])c1cc(Br)ccc1N1CCN(S(=O)(=O)/C=C/c2ccccc2)CC1. The number of anilines is 1. The number of hydrogen-bond acceptors (Lipinski definition) is 5. The van der Waals surface area contributed by atoms with Crippen LogP contribution in [0.1, 0.15) is 5.56 Å². The molecule has 3 rings (SSSR count). The van der Waals surface area contributed by atoms with Crippen LogP contribution in [0.2, 0.25) is 0 Å². The van der Waals surface area contributed by atoms with Gasteiger partial charge in [0, 0.05) is 42.1 Å². The monoisotopic (exact) mass is 451 g/mol. The van der Waals surface area contributed by atoms with Gasteiger partial charge in [-0.3, -0.25) is 10.1 Å². The Morgan fingerprint density at radius 1 is 1.04 bits per heavy atom. The molecule has 0 radical (unpaired) electrons. The van der Waals surface area contributed by atoms with Crippen LogP contribution in [0.15, 0.2) is 58.4 Å². The Hall–Kier alpha value is -2.23. The zero-order chi connectivity index (χ0) is 19.4. The average Bonchev–Trinajstić information content (AvgIpc) is 2.67. The van der Waals surface area contributed by atoms with E-state index in [0.717, 1.165) is 5.56 Å². The van der Waals surface area contributed by atoms with Gasteiger partial charge in [-0.15, -0.1) is 0 Å². The molecule has 0 atom stereocenters. The van der Waals surface area contributed by atoms with Gasteiger partial charge in [0.15, 0.2) is 0 Å². The third-order valence-electron chi connectivity index (χ3n) is 4.31. The van der Waals surface area contributed by atoms with Gasteiger partial charge in [0.05, 0.1) is 4.92 Å². The molecule has 2 aromatic carbocycles. The van der Waals surface area contributed by atoms with Crippen LogP contribution in [0.5, 0.6) is 0 Å². The van der Waals surface area contributed by atoms with Crippen LogP contribution in [0.4, 0.5) is 11.4 Å². The molecule has 2 aromatic rings. The van der Waals surface area contributed by atoms with Crippen molar-refractivity contribution in [2.45, 2.75) is 0 Å². The van der Waals surface area contributed by atoms with Crippen LogP contribution in [-0.2, 0) is 10.0 Å². The summed E-state index contributed by atoms with van der Waals surface area (Å²) in [5, 5.41) is 12.5. The second-order valence-corrected chi connectivity index (χ2v) is 8.77. The molecule has 0 amide bonds. The van der Waals surface area contributed by atoms with Gasteiger partial charge in [-0.05, 0) is 23.8 Å². The van der Waals surface area contributed by atoms with E-state index in [-0.39, 0.29) is 18.8 Å². The molecular formula is C18H18BrN3O4S. The third-order valence-corrected chi connectivity index (χ3v) is 6.36. The minimum Gasteiger partial charge on any atom is -0.363 e. The smallest absolute Gasteiger partial charge is 0.293 e. The van der Waals surface area contributed by atoms with Gasteiger partial charge in [0.2, 0.25) is 10.0 Å². The van der Waals surface area contributed by atoms with Crippen molar-refractivity contribution >= 4 is 43.4 Å². The zero-order valence-electron chi connectivity index (χ0n) is 14.4. The molecule has 0 spiro atoms. The number of benzene rings is 2. The van der Waals surface area contributed by atoms with Gasteiger partial charge >= 0.3 is 0 Å². The van der Waals surface area contributed by atoms with E-state index < -0.39 is 14.9 Å². The van der Waals surface area contributed by atoms with Crippen molar-refractivity contribution in [2.75, 3.05) is 31.1 Å². The van der Waals surface area contributed by atoms with Gasteiger partial charge in [0.25, 0.3) is 5.69 Å². The fourth-order valence-electron chi connectivity index (χ4n) is 2.91. The summed E-state index contributed by atoms with van der Waals surface area (Å²) in [6.07, 6.45) is 1.57. The first kappa shape index (κ1) is 19.5. The highest BCUT2D eigenvalue weighted by molar-refractivity contribution is 9.10. The summed E-state index contributed by atoms with van der Waals surface area (Å²) in [6, 6.07) is 14.1. The number of nitro benzene ring substituents is 1. The van der Waals surface area contributed by atoms with Crippen molar-refractivity contribution in [1.82, 2.24) is 4.31 Å². The van der Waals surface area contributed by atoms with Gasteiger partial charge in [-0.2, -0.15) is 4.31 Å². The van der Waals surface area contributed by atoms with Gasteiger partial charge in [-0.1, -0.05) is 46.3 Å². The van der Waals surface area contributed by atoms with E-state index in [0.29, 0.717) is 23.2 Å². The van der Waals surface area contributed by atoms with Gasteiger partial charge in [-0.25, -0.2) is 8.42 Å². The summed E-state index contributed by atoms with van der Waals surface area (Å²) in [7, 11) is -3.54. The lowest BCUT2D eigenvalue weighted by molar-refractivity contribution is -0.384. The molecule has 0 bridgehead atoms. The number of nitrogens with zero attached hydrogens (tertiary/aromatic N) is 3. The summed E-state index contributed by atoms with van der Waals surface area (Å²) in [5.74, 6) is 0. The maximum atomic E-state index is 12.5. The first-order chi connectivity index (χ1) is 12.9. The van der Waals surface area contributed by atoms with Crippen molar-refractivity contribution in [3.05, 3.63) is 74.1 Å². The lowest BCUT2D eigenvalue weighted by Crippen LogP contribution is -2.48. The Bertz CT molecular complexity index is 956. The van der Waals surface area contributed by atoms with Gasteiger partial charge < -0.3 is 4.90 Å². The van der Waals surface area contributed by atoms with Gasteiger partial charge in [0.1, 0.15) is 5.69 Å². The lowest BCUT2D eigenvalue weighted by Gasteiger charge is -2.34. The van der Waals surface area contributed by atoms with E-state index in [1.165, 1.54) is 15.8 Å². The normalized spacial score (nSPS) is 16.0. The highest BCUT2D eigenvalue weighted by Crippen LogP contribution is 2.32. The van der Waals surface area contributed by atoms with Crippen molar-refractivity contribution in [1.29, 1.82) is 0 Å². The molecule has 1 saturated heterocycles. The summed E-state index contributed by atoms with van der Waals surface area (Å²) in [6.45, 7) is 1.32. The Labute approximate surface area is 166 Å². The molecule has 1 aliphatic rings. The number of halogens is 1. The third kappa shape index (κ3) is 4.74. The molecule has 7 nitrogen and oxygen atoms in total. The Morgan fingerprint density at radius 2 is 1.70 bits per heavy atom. The quantitative estimate of drug-likeness (QED) is 0.513. The Kier molecular flexibility index (Phi) is 5.93. The zero-order valence-corrected chi connectivity index (χ0v) is 16.8. The Balaban J connectivity index is 1.70. The fraction of sp³-hybridized carbons (Fsp3) is 0.222. The maximum Gasteiger partial charge on any atom is 0.293 e. The van der Waals surface area contributed by atoms with E-state index in [1.807, 2.05) is 35.2 Å². The molecular weight excluding hydrogens is 434 g/mol. The molecule has 0 saturated carbocycles. The molecule has 1 heterocycles. The first-order valence-electron chi connectivity index (χ1n) is 8.29. The van der Waals surface area contributed by atoms with Crippen LogP contribution in [0.3, 0.4) is 0 Å². The maximum absolute atomic E-state index is 12.5. The summed E-state index contributed by atoms with van der Waals surface area (Å²) >= 11 is 3.24. The lowest BCUT2D eigenvalue weighted by atomic mass is 10.2. The minimum atomic E-state index is -3.54. The van der Waals surface area contributed by atoms with E-state index in [1.54, 1.807) is 18.2 Å².